The van der Waals surface area contributed by atoms with Gasteiger partial charge in [0.2, 0.25) is 0 Å². The molecule has 0 saturated heterocycles. The Balaban J connectivity index is 1.86. The fourth-order valence-corrected chi connectivity index (χ4v) is 11.6. The number of hydrogen-bond donors (Lipinski definition) is 0. The van der Waals surface area contributed by atoms with Crippen molar-refractivity contribution in [2.45, 2.75) is 6.42 Å². The van der Waals surface area contributed by atoms with Gasteiger partial charge in [-0.25, -0.2) is 0 Å². The molecule has 0 N–H and O–H groups in total. The van der Waals surface area contributed by atoms with E-state index in [1.807, 2.05) is 60.7 Å². The van der Waals surface area contributed by atoms with Gasteiger partial charge in [-0.15, -0.1) is 0 Å². The molecule has 0 saturated carbocycles. The van der Waals surface area contributed by atoms with Gasteiger partial charge in [0, 0.05) is 0 Å². The van der Waals surface area contributed by atoms with E-state index in [0.29, 0.717) is 5.75 Å². The first-order valence-electron chi connectivity index (χ1n) is 10.3. The summed E-state index contributed by atoms with van der Waals surface area (Å²) in [6.45, 7) is 0. The van der Waals surface area contributed by atoms with Crippen LogP contribution in [0.4, 0.5) is 0 Å². The van der Waals surface area contributed by atoms with Crippen molar-refractivity contribution in [2.24, 2.45) is 0 Å². The number of carbonyl (C=O) groups excluding carboxylic acids is 1. The van der Waals surface area contributed by atoms with Crippen molar-refractivity contribution in [3.05, 3.63) is 120 Å². The molecule has 6 rings (SSSR count). The Morgan fingerprint density at radius 1 is 0.645 bits per heavy atom. The third-order valence-corrected chi connectivity index (χ3v) is 15.4. The third kappa shape index (κ3) is 3.43. The van der Waals surface area contributed by atoms with Gasteiger partial charge in [-0.3, -0.25) is 0 Å². The van der Waals surface area contributed by atoms with Crippen molar-refractivity contribution in [3.63, 3.8) is 0 Å². The van der Waals surface area contributed by atoms with Crippen LogP contribution in [0.2, 0.25) is 0 Å². The van der Waals surface area contributed by atoms with Gasteiger partial charge < -0.3 is 0 Å². The third-order valence-electron chi connectivity index (χ3n) is 6.03. The Kier molecular flexibility index (Phi) is 5.04. The molecule has 4 heteroatoms. The maximum atomic E-state index is 13.4. The van der Waals surface area contributed by atoms with Crippen molar-refractivity contribution in [1.29, 1.82) is 0 Å². The van der Waals surface area contributed by atoms with Gasteiger partial charge in [0.15, 0.2) is 0 Å². The second-order valence-corrected chi connectivity index (χ2v) is 16.9. The van der Waals surface area contributed by atoms with E-state index < -0.39 is 5.31 Å². The average molecular weight is 489 g/mol. The summed E-state index contributed by atoms with van der Waals surface area (Å²) < 4.78 is 5.84. The number of carbonyl (C=O) groups is 1. The predicted molar refractivity (Wildman–Crippen MR) is 134 cm³/mol. The van der Waals surface area contributed by atoms with E-state index in [4.69, 9.17) is 4.74 Å². The summed E-state index contributed by atoms with van der Waals surface area (Å²) in [6.07, 6.45) is 1.05. The molecular weight excluding hydrogens is 467 g/mol. The summed E-state index contributed by atoms with van der Waals surface area (Å²) in [5.41, 5.74) is 2.41. The van der Waals surface area contributed by atoms with Crippen LogP contribution in [0.1, 0.15) is 11.1 Å². The van der Waals surface area contributed by atoms with Crippen molar-refractivity contribution < 1.29 is 9.53 Å². The standard InChI is InChI=1S/C27H22BrO2P/c28-31(24-9-3-1-4-10-24,25-11-5-2-6-12-25)20-27(29)30-23-16-14-21(15-17-23)18-22-8-7-13-26(31)19-22/h1-17,19H,18,20H2. The summed E-state index contributed by atoms with van der Waals surface area (Å²) in [5.74, 6) is 0.331. The predicted octanol–water partition coefficient (Wildman–Crippen LogP) is 5.34. The number of esters is 1. The Morgan fingerprint density at radius 3 is 1.84 bits per heavy atom. The maximum absolute atomic E-state index is 13.4. The molecule has 4 bridgehead atoms. The van der Waals surface area contributed by atoms with Crippen LogP contribution in [0.3, 0.4) is 0 Å². The molecule has 0 atom stereocenters. The fraction of sp³-hybridized carbons (Fsp3) is 0.0741. The first-order chi connectivity index (χ1) is 15.1. The molecule has 2 nitrogen and oxygen atoms in total. The SMILES string of the molecule is O=C1CP(Br)(c2ccccc2)(c2ccccc2)c2cccc(c2)Cc2ccc(cc2)O1. The zero-order valence-electron chi connectivity index (χ0n) is 16.9. The first kappa shape index (κ1) is 20.2. The summed E-state index contributed by atoms with van der Waals surface area (Å²) in [4.78, 5) is 13.4. The molecule has 0 fully saturated rings. The molecule has 0 radical (unpaired) electrons. The average Bonchev–Trinajstić information content (AvgIpc) is 2.81. The Morgan fingerprint density at radius 2 is 1.23 bits per heavy atom. The van der Waals surface area contributed by atoms with Crippen molar-refractivity contribution in [1.82, 2.24) is 0 Å². The molecule has 0 amide bonds. The topological polar surface area (TPSA) is 26.3 Å². The van der Waals surface area contributed by atoms with E-state index in [2.05, 4.69) is 64.0 Å². The van der Waals surface area contributed by atoms with Gasteiger partial charge >= 0.3 is 191 Å². The van der Waals surface area contributed by atoms with E-state index in [-0.39, 0.29) is 12.1 Å². The molecule has 0 unspecified atom stereocenters. The van der Waals surface area contributed by atoms with Crippen LogP contribution < -0.4 is 20.7 Å². The van der Waals surface area contributed by atoms with Gasteiger partial charge in [0.05, 0.1) is 0 Å². The van der Waals surface area contributed by atoms with E-state index in [1.54, 1.807) is 0 Å². The minimum absolute atomic E-state index is 0.227. The Hall–Kier alpha value is -2.74. The zero-order chi connectivity index (χ0) is 21.3. The molecule has 0 aromatic heterocycles. The van der Waals surface area contributed by atoms with Crippen molar-refractivity contribution in [3.8, 4) is 5.75 Å². The monoisotopic (exact) mass is 488 g/mol. The first-order valence-corrected chi connectivity index (χ1v) is 14.7. The second-order valence-electron chi connectivity index (χ2n) is 7.98. The summed E-state index contributed by atoms with van der Waals surface area (Å²) in [5, 5.41) is 0.0143. The van der Waals surface area contributed by atoms with Gasteiger partial charge in [0.25, 0.3) is 0 Å². The normalized spacial score (nSPS) is 18.0. The number of hydrogen-bond acceptors (Lipinski definition) is 2. The summed E-state index contributed by atoms with van der Waals surface area (Å²) in [6, 6.07) is 37.2. The molecule has 2 aliphatic heterocycles. The second kappa shape index (κ2) is 7.75. The van der Waals surface area contributed by atoms with Gasteiger partial charge in [-0.2, -0.15) is 0 Å². The van der Waals surface area contributed by atoms with Gasteiger partial charge in [-0.1, -0.05) is 0 Å². The molecule has 31 heavy (non-hydrogen) atoms. The van der Waals surface area contributed by atoms with Crippen LogP contribution in [0, 0.1) is 0 Å². The van der Waals surface area contributed by atoms with E-state index in [9.17, 15) is 4.79 Å². The summed E-state index contributed by atoms with van der Waals surface area (Å²) >= 11 is 4.32. The molecule has 0 spiro atoms. The zero-order valence-corrected chi connectivity index (χ0v) is 19.4. The van der Waals surface area contributed by atoms with Crippen LogP contribution >= 0.6 is 20.8 Å². The molecule has 154 valence electrons. The Labute approximate surface area is 190 Å². The summed E-state index contributed by atoms with van der Waals surface area (Å²) in [7, 11) is 0. The van der Waals surface area contributed by atoms with Gasteiger partial charge in [0.1, 0.15) is 0 Å². The van der Waals surface area contributed by atoms with Crippen molar-refractivity contribution >= 4 is 42.7 Å². The number of fused-ring (bicyclic) bond motifs is 5. The molecule has 2 heterocycles. The van der Waals surface area contributed by atoms with Gasteiger partial charge in [-0.05, 0) is 0 Å². The molecule has 4 aromatic rings. The number of halogens is 1. The van der Waals surface area contributed by atoms with E-state index >= 15 is 0 Å². The Bertz CT molecular complexity index is 1200. The van der Waals surface area contributed by atoms with E-state index in [0.717, 1.165) is 22.3 Å². The van der Waals surface area contributed by atoms with Crippen molar-refractivity contribution in [2.75, 3.05) is 6.16 Å². The van der Waals surface area contributed by atoms with Crippen LogP contribution in [0.25, 0.3) is 0 Å². The molecule has 4 aromatic carbocycles. The number of benzene rings is 4. The number of ether oxygens (including phenoxy) is 1. The quantitative estimate of drug-likeness (QED) is 0.216. The molecule has 2 aliphatic rings. The van der Waals surface area contributed by atoms with Crippen LogP contribution in [-0.4, -0.2) is 12.1 Å². The molecular formula is C27H22BrO2P. The van der Waals surface area contributed by atoms with Crippen LogP contribution in [0.15, 0.2) is 109 Å². The number of rotatable bonds is 2. The van der Waals surface area contributed by atoms with E-state index in [1.165, 1.54) is 11.1 Å². The van der Waals surface area contributed by atoms with Crippen LogP contribution in [-0.2, 0) is 11.2 Å². The molecule has 0 aliphatic carbocycles. The van der Waals surface area contributed by atoms with Crippen LogP contribution in [0.5, 0.6) is 5.75 Å². The fourth-order valence-electron chi connectivity index (χ4n) is 4.47. The minimum atomic E-state index is -3.34.